The minimum atomic E-state index is 0.494. The van der Waals surface area contributed by atoms with Crippen LogP contribution in [0, 0.1) is 12.1 Å². The number of pyridine rings is 1. The molecule has 7 aromatic heterocycles. The quantitative estimate of drug-likeness (QED) is 0.166. The predicted molar refractivity (Wildman–Crippen MR) is 312 cm³/mol. The lowest BCUT2D eigenvalue weighted by molar-refractivity contribution is 0.893. The molecule has 0 aliphatic heterocycles. The first-order valence-corrected chi connectivity index (χ1v) is 25.8. The van der Waals surface area contributed by atoms with Crippen molar-refractivity contribution in [2.24, 2.45) is 0 Å². The third kappa shape index (κ3) is 5.83. The Hall–Kier alpha value is -10.8. The van der Waals surface area contributed by atoms with E-state index in [4.69, 9.17) is 19.9 Å². The van der Waals surface area contributed by atoms with Crippen LogP contribution in [-0.4, -0.2) is 42.8 Å². The summed E-state index contributed by atoms with van der Waals surface area (Å²) in [5.74, 6) is 3.19. The smallest absolute Gasteiger partial charge is 0.240 e. The fourth-order valence-corrected chi connectivity index (χ4v) is 12.5. The summed E-state index contributed by atoms with van der Waals surface area (Å²) in [7, 11) is 0. The minimum Gasteiger partial charge on any atom is -0.306 e. The normalized spacial score (nSPS) is 12.1. The van der Waals surface area contributed by atoms with Crippen LogP contribution in [0.15, 0.2) is 237 Å². The van der Waals surface area contributed by atoms with Crippen LogP contribution in [-0.2, 0) is 0 Å². The lowest BCUT2D eigenvalue weighted by Gasteiger charge is -2.16. The molecule has 0 N–H and O–H groups in total. The summed E-state index contributed by atoms with van der Waals surface area (Å²) in [5.41, 5.74) is 12.1. The van der Waals surface area contributed by atoms with Crippen LogP contribution in [0.1, 0.15) is 0 Å². The highest BCUT2D eigenvalue weighted by Crippen LogP contribution is 2.43. The van der Waals surface area contributed by atoms with E-state index in [2.05, 4.69) is 265 Å². The van der Waals surface area contributed by atoms with Gasteiger partial charge in [-0.15, -0.1) is 0 Å². The molecule has 9 heteroatoms. The van der Waals surface area contributed by atoms with E-state index in [0.717, 1.165) is 121 Å². The average molecular weight is 982 g/mol. The van der Waals surface area contributed by atoms with Gasteiger partial charge in [-0.1, -0.05) is 170 Å². The maximum atomic E-state index is 5.61. The highest BCUT2D eigenvalue weighted by Gasteiger charge is 2.26. The molecule has 10 aromatic carbocycles. The Morgan fingerprint density at radius 3 is 1.25 bits per heavy atom. The second kappa shape index (κ2) is 15.8. The van der Waals surface area contributed by atoms with E-state index in [1.807, 2.05) is 6.07 Å². The van der Waals surface area contributed by atoms with Crippen LogP contribution in [0.3, 0.4) is 0 Å². The van der Waals surface area contributed by atoms with Gasteiger partial charge >= 0.3 is 0 Å². The number of fused-ring (bicyclic) bond motifs is 15. The Morgan fingerprint density at radius 2 is 0.675 bits per heavy atom. The molecule has 356 valence electrons. The zero-order valence-electron chi connectivity index (χ0n) is 41.0. The summed E-state index contributed by atoms with van der Waals surface area (Å²) in [6.45, 7) is 0. The predicted octanol–water partition coefficient (Wildman–Crippen LogP) is 16.0. The van der Waals surface area contributed by atoms with Crippen LogP contribution in [0.5, 0.6) is 0 Å². The molecule has 0 amide bonds. The molecule has 9 nitrogen and oxygen atoms in total. The van der Waals surface area contributed by atoms with E-state index in [0.29, 0.717) is 17.7 Å². The molecular formula is C68H39N9. The maximum Gasteiger partial charge on any atom is 0.240 e. The number of nitrogens with zero attached hydrogens (tertiary/aromatic N) is 9. The summed E-state index contributed by atoms with van der Waals surface area (Å²) in [6.07, 6.45) is 0. The highest BCUT2D eigenvalue weighted by atomic mass is 15.3. The van der Waals surface area contributed by atoms with Gasteiger partial charge in [0.25, 0.3) is 0 Å². The second-order valence-electron chi connectivity index (χ2n) is 19.6. The molecule has 0 saturated heterocycles. The van der Waals surface area contributed by atoms with Gasteiger partial charge in [-0.25, -0.2) is 4.98 Å². The molecule has 77 heavy (non-hydrogen) atoms. The van der Waals surface area contributed by atoms with Crippen LogP contribution < -0.4 is 0 Å². The molecule has 0 atom stereocenters. The molecule has 17 rings (SSSR count). The summed E-state index contributed by atoms with van der Waals surface area (Å²) in [5, 5.41) is 11.0. The maximum absolute atomic E-state index is 5.61. The Kier molecular flexibility index (Phi) is 8.57. The molecule has 17 aromatic rings. The molecule has 0 aliphatic rings. The Labute approximate surface area is 439 Å². The van der Waals surface area contributed by atoms with Gasteiger partial charge in [0.15, 0.2) is 5.82 Å². The van der Waals surface area contributed by atoms with E-state index < -0.39 is 0 Å². The van der Waals surface area contributed by atoms with Gasteiger partial charge in [-0.05, 0) is 78.9 Å². The number of rotatable bonds is 6. The third-order valence-electron chi connectivity index (χ3n) is 15.6. The van der Waals surface area contributed by atoms with Crippen molar-refractivity contribution < 1.29 is 0 Å². The van der Waals surface area contributed by atoms with Gasteiger partial charge in [0.1, 0.15) is 11.6 Å². The van der Waals surface area contributed by atoms with E-state index in [1.165, 1.54) is 10.8 Å². The van der Waals surface area contributed by atoms with Crippen molar-refractivity contribution in [2.75, 3.05) is 0 Å². The number of hydrogen-bond acceptors (Lipinski definition) is 4. The molecule has 7 heterocycles. The fraction of sp³-hybridized carbons (Fsp3) is 0. The van der Waals surface area contributed by atoms with E-state index in [9.17, 15) is 0 Å². The molecule has 0 radical (unpaired) electrons. The Balaban J connectivity index is 0.971. The zero-order chi connectivity index (χ0) is 50.3. The lowest BCUT2D eigenvalue weighted by Crippen LogP contribution is -2.10. The number of aromatic nitrogens is 9. The van der Waals surface area contributed by atoms with Crippen molar-refractivity contribution in [1.82, 2.24) is 42.8 Å². The molecule has 0 bridgehead atoms. The van der Waals surface area contributed by atoms with Gasteiger partial charge in [0, 0.05) is 54.0 Å². The molecular weight excluding hydrogens is 943 g/mol. The summed E-state index contributed by atoms with van der Waals surface area (Å²) >= 11 is 0. The van der Waals surface area contributed by atoms with Crippen molar-refractivity contribution in [2.45, 2.75) is 0 Å². The number of benzene rings is 9. The number of para-hydroxylation sites is 9. The van der Waals surface area contributed by atoms with Crippen LogP contribution >= 0.6 is 0 Å². The van der Waals surface area contributed by atoms with Crippen molar-refractivity contribution in [1.29, 1.82) is 0 Å². The second-order valence-corrected chi connectivity index (χ2v) is 19.6. The summed E-state index contributed by atoms with van der Waals surface area (Å²) < 4.78 is 11.4. The van der Waals surface area contributed by atoms with Gasteiger partial charge in [0.2, 0.25) is 11.9 Å². The summed E-state index contributed by atoms with van der Waals surface area (Å²) in [4.78, 5) is 22.3. The van der Waals surface area contributed by atoms with E-state index >= 15 is 0 Å². The molecule has 0 unspecified atom stereocenters. The largest absolute Gasteiger partial charge is 0.306 e. The zero-order valence-corrected chi connectivity index (χ0v) is 41.0. The highest BCUT2D eigenvalue weighted by molar-refractivity contribution is 6.17. The first kappa shape index (κ1) is 41.6. The van der Waals surface area contributed by atoms with Gasteiger partial charge in [0.05, 0.1) is 66.2 Å². The monoisotopic (exact) mass is 981 g/mol. The SMILES string of the molecule is c1ccc2c(c#1)c1ccccc1n2-c1nc(-c2cccc3c4ccccc4n(-c4cccc5c6ccccc6n(-c6cccc(-n7c8ccccc8c8ccccc87)n6)c45)c23)nc(-n2c3ccccc3c3ccccc32)n1. The minimum absolute atomic E-state index is 0.494. The van der Waals surface area contributed by atoms with Crippen LogP contribution in [0.25, 0.3) is 150 Å². The first-order valence-electron chi connectivity index (χ1n) is 25.8. The standard InChI is InChI=1S/C68H39N9/c1-9-31-53-42(20-1)43-21-2-10-32-54(43)73(53)62-40-19-41-63(69-62)77-60-38-16-8-27-49(60)51-29-18-39-61(65(51)77)74-55-33-11-7-26-48(55)50-28-17-30-52(64(50)74)66-70-67(75-56-34-12-3-22-44(56)45-23-4-13-35-57(45)75)72-68(71-66)76-58-36-14-5-24-46(58)47-25-6-15-37-59(47)76/h1-5,7-24,26-41H. The average Bonchev–Trinajstić information content (AvgIpc) is 4.33. The van der Waals surface area contributed by atoms with E-state index in [1.54, 1.807) is 0 Å². The fourth-order valence-electron chi connectivity index (χ4n) is 12.5. The van der Waals surface area contributed by atoms with Crippen molar-refractivity contribution in [3.63, 3.8) is 0 Å². The molecule has 0 fully saturated rings. The first-order chi connectivity index (χ1) is 38.2. The van der Waals surface area contributed by atoms with Crippen molar-refractivity contribution in [3.05, 3.63) is 249 Å². The topological polar surface area (TPSA) is 76.2 Å². The lowest BCUT2D eigenvalue weighted by atomic mass is 10.1. The number of hydrogen-bond donors (Lipinski definition) is 0. The van der Waals surface area contributed by atoms with Crippen LogP contribution in [0.2, 0.25) is 0 Å². The molecule has 0 saturated carbocycles. The Bertz CT molecular complexity index is 5020. The molecule has 0 aliphatic carbocycles. The van der Waals surface area contributed by atoms with E-state index in [-0.39, 0.29) is 0 Å². The van der Waals surface area contributed by atoms with Gasteiger partial charge < -0.3 is 4.57 Å². The van der Waals surface area contributed by atoms with Crippen molar-refractivity contribution >= 4 is 109 Å². The van der Waals surface area contributed by atoms with Gasteiger partial charge in [-0.3, -0.25) is 18.3 Å². The van der Waals surface area contributed by atoms with Crippen molar-refractivity contribution in [3.8, 4) is 40.6 Å². The molecule has 0 spiro atoms. The Morgan fingerprint density at radius 1 is 0.273 bits per heavy atom. The third-order valence-corrected chi connectivity index (χ3v) is 15.6. The van der Waals surface area contributed by atoms with Crippen LogP contribution in [0.4, 0.5) is 0 Å². The van der Waals surface area contributed by atoms with Gasteiger partial charge in [-0.2, -0.15) is 15.0 Å². The summed E-state index contributed by atoms with van der Waals surface area (Å²) in [6, 6.07) is 90.0.